The Labute approximate surface area is 110 Å². The average molecular weight is 251 g/mol. The van der Waals surface area contributed by atoms with Gasteiger partial charge in [-0.15, -0.1) is 0 Å². The van der Waals surface area contributed by atoms with Crippen LogP contribution in [0.25, 0.3) is 0 Å². The van der Waals surface area contributed by atoms with Crippen LogP contribution in [0.5, 0.6) is 0 Å². The van der Waals surface area contributed by atoms with Crippen LogP contribution >= 0.6 is 0 Å². The Bertz CT molecular complexity index is 356. The number of nitrogens with zero attached hydrogens (tertiary/aromatic N) is 2. The van der Waals surface area contributed by atoms with E-state index in [1.165, 1.54) is 25.7 Å². The lowest BCUT2D eigenvalue weighted by Gasteiger charge is -2.29. The molecular formula is C14H25N3O. The Morgan fingerprint density at radius 1 is 1.44 bits per heavy atom. The summed E-state index contributed by atoms with van der Waals surface area (Å²) in [5, 5.41) is 3.97. The maximum atomic E-state index is 5.56. The first kappa shape index (κ1) is 13.6. The molecule has 1 saturated carbocycles. The smallest absolute Gasteiger partial charge is 0.151 e. The second kappa shape index (κ2) is 6.34. The molecule has 1 fully saturated rings. The predicted octanol–water partition coefficient (Wildman–Crippen LogP) is 2.53. The van der Waals surface area contributed by atoms with E-state index in [4.69, 9.17) is 10.3 Å². The van der Waals surface area contributed by atoms with Crippen LogP contribution in [-0.4, -0.2) is 22.6 Å². The summed E-state index contributed by atoms with van der Waals surface area (Å²) in [6.07, 6.45) is 5.38. The maximum absolute atomic E-state index is 5.56. The van der Waals surface area contributed by atoms with Crippen LogP contribution in [0, 0.1) is 5.92 Å². The van der Waals surface area contributed by atoms with E-state index >= 15 is 0 Å². The molecule has 2 rings (SSSR count). The average Bonchev–Trinajstić information content (AvgIpc) is 2.98. The summed E-state index contributed by atoms with van der Waals surface area (Å²) in [4.78, 5) is 2.55. The van der Waals surface area contributed by atoms with Crippen molar-refractivity contribution in [2.24, 2.45) is 11.7 Å². The van der Waals surface area contributed by atoms with Crippen molar-refractivity contribution in [3.8, 4) is 0 Å². The highest BCUT2D eigenvalue weighted by Gasteiger charge is 2.24. The van der Waals surface area contributed by atoms with Crippen LogP contribution in [-0.2, 0) is 13.1 Å². The van der Waals surface area contributed by atoms with Crippen molar-refractivity contribution < 1.29 is 4.52 Å². The van der Waals surface area contributed by atoms with Gasteiger partial charge >= 0.3 is 0 Å². The molecule has 1 aliphatic carbocycles. The molecule has 0 aliphatic heterocycles. The summed E-state index contributed by atoms with van der Waals surface area (Å²) in [5.41, 5.74) is 6.41. The standard InChI is InChI=1S/C14H25N3O/c1-11(2)9-17(13-5-3-4-6-13)10-14-7-12(8-15)16-18-14/h7,11,13H,3-6,8-10,15H2,1-2H3. The number of rotatable bonds is 6. The second-order valence-corrected chi connectivity index (χ2v) is 5.75. The summed E-state index contributed by atoms with van der Waals surface area (Å²) in [7, 11) is 0. The number of hydrogen-bond donors (Lipinski definition) is 1. The second-order valence-electron chi connectivity index (χ2n) is 5.75. The fourth-order valence-corrected chi connectivity index (χ4v) is 2.81. The predicted molar refractivity (Wildman–Crippen MR) is 71.9 cm³/mol. The van der Waals surface area contributed by atoms with Crippen LogP contribution in [0.3, 0.4) is 0 Å². The molecule has 0 atom stereocenters. The van der Waals surface area contributed by atoms with Crippen molar-refractivity contribution in [1.82, 2.24) is 10.1 Å². The van der Waals surface area contributed by atoms with Gasteiger partial charge in [0.1, 0.15) is 0 Å². The first-order valence-corrected chi connectivity index (χ1v) is 7.07. The Kier molecular flexibility index (Phi) is 4.78. The molecule has 0 spiro atoms. The van der Waals surface area contributed by atoms with Crippen LogP contribution in [0.15, 0.2) is 10.6 Å². The quantitative estimate of drug-likeness (QED) is 0.844. The Morgan fingerprint density at radius 3 is 2.72 bits per heavy atom. The van der Waals surface area contributed by atoms with E-state index in [2.05, 4.69) is 23.9 Å². The van der Waals surface area contributed by atoms with Crippen molar-refractivity contribution in [2.45, 2.75) is 58.7 Å². The summed E-state index contributed by atoms with van der Waals surface area (Å²) in [5.74, 6) is 1.63. The number of aromatic nitrogens is 1. The summed E-state index contributed by atoms with van der Waals surface area (Å²) in [6, 6.07) is 2.71. The van der Waals surface area contributed by atoms with Gasteiger partial charge in [-0.2, -0.15) is 0 Å². The zero-order valence-corrected chi connectivity index (χ0v) is 11.6. The first-order valence-electron chi connectivity index (χ1n) is 7.07. The third-order valence-corrected chi connectivity index (χ3v) is 3.62. The van der Waals surface area contributed by atoms with E-state index in [0.29, 0.717) is 12.5 Å². The van der Waals surface area contributed by atoms with Crippen molar-refractivity contribution in [1.29, 1.82) is 0 Å². The van der Waals surface area contributed by atoms with E-state index < -0.39 is 0 Å². The number of hydrogen-bond acceptors (Lipinski definition) is 4. The lowest BCUT2D eigenvalue weighted by atomic mass is 10.1. The molecular weight excluding hydrogens is 226 g/mol. The zero-order chi connectivity index (χ0) is 13.0. The third kappa shape index (κ3) is 3.56. The maximum Gasteiger partial charge on any atom is 0.151 e. The van der Waals surface area contributed by atoms with Crippen molar-refractivity contribution in [3.63, 3.8) is 0 Å². The molecule has 0 bridgehead atoms. The SMILES string of the molecule is CC(C)CN(Cc1cc(CN)no1)C1CCCC1. The number of nitrogens with two attached hydrogens (primary N) is 1. The topological polar surface area (TPSA) is 55.3 Å². The van der Waals surface area contributed by atoms with Gasteiger partial charge in [-0.05, 0) is 18.8 Å². The Morgan fingerprint density at radius 2 is 2.17 bits per heavy atom. The molecule has 1 heterocycles. The zero-order valence-electron chi connectivity index (χ0n) is 11.6. The molecule has 2 N–H and O–H groups in total. The normalized spacial score (nSPS) is 17.2. The lowest BCUT2D eigenvalue weighted by molar-refractivity contribution is 0.151. The Balaban J connectivity index is 1.99. The van der Waals surface area contributed by atoms with Gasteiger partial charge in [-0.25, -0.2) is 0 Å². The minimum absolute atomic E-state index is 0.455. The molecule has 4 nitrogen and oxygen atoms in total. The van der Waals surface area contributed by atoms with Crippen molar-refractivity contribution >= 4 is 0 Å². The minimum Gasteiger partial charge on any atom is -0.360 e. The van der Waals surface area contributed by atoms with Crippen LogP contribution in [0.4, 0.5) is 0 Å². The molecule has 0 amide bonds. The largest absolute Gasteiger partial charge is 0.360 e. The summed E-state index contributed by atoms with van der Waals surface area (Å²) >= 11 is 0. The minimum atomic E-state index is 0.455. The first-order chi connectivity index (χ1) is 8.69. The molecule has 1 aliphatic rings. The van der Waals surface area contributed by atoms with Crippen molar-refractivity contribution in [2.75, 3.05) is 6.54 Å². The van der Waals surface area contributed by atoms with Gasteiger partial charge < -0.3 is 10.3 Å². The van der Waals surface area contributed by atoms with E-state index in [0.717, 1.165) is 30.6 Å². The fourth-order valence-electron chi connectivity index (χ4n) is 2.81. The third-order valence-electron chi connectivity index (χ3n) is 3.62. The van der Waals surface area contributed by atoms with Gasteiger partial charge in [-0.3, -0.25) is 4.90 Å². The van der Waals surface area contributed by atoms with Gasteiger partial charge in [0.2, 0.25) is 0 Å². The highest BCUT2D eigenvalue weighted by atomic mass is 16.5. The van der Waals surface area contributed by atoms with Gasteiger partial charge in [0, 0.05) is 25.2 Å². The van der Waals surface area contributed by atoms with E-state index in [1.54, 1.807) is 0 Å². The Hall–Kier alpha value is -0.870. The monoisotopic (exact) mass is 251 g/mol. The van der Waals surface area contributed by atoms with E-state index in [1.807, 2.05) is 6.07 Å². The highest BCUT2D eigenvalue weighted by molar-refractivity contribution is 5.05. The molecule has 18 heavy (non-hydrogen) atoms. The molecule has 4 heteroatoms. The van der Waals surface area contributed by atoms with E-state index in [9.17, 15) is 0 Å². The fraction of sp³-hybridized carbons (Fsp3) is 0.786. The molecule has 1 aromatic rings. The highest BCUT2D eigenvalue weighted by Crippen LogP contribution is 2.25. The molecule has 0 aromatic carbocycles. The molecule has 1 aromatic heterocycles. The summed E-state index contributed by atoms with van der Waals surface area (Å²) < 4.78 is 5.36. The van der Waals surface area contributed by atoms with Crippen LogP contribution < -0.4 is 5.73 Å². The van der Waals surface area contributed by atoms with E-state index in [-0.39, 0.29) is 0 Å². The van der Waals surface area contributed by atoms with Crippen LogP contribution in [0.1, 0.15) is 51.0 Å². The van der Waals surface area contributed by atoms with Gasteiger partial charge in [-0.1, -0.05) is 31.8 Å². The van der Waals surface area contributed by atoms with Gasteiger partial charge in [0.05, 0.1) is 12.2 Å². The molecule has 0 saturated heterocycles. The van der Waals surface area contributed by atoms with Crippen LogP contribution in [0.2, 0.25) is 0 Å². The lowest BCUT2D eigenvalue weighted by Crippen LogP contribution is -2.35. The molecule has 102 valence electrons. The van der Waals surface area contributed by atoms with Gasteiger partial charge in [0.25, 0.3) is 0 Å². The summed E-state index contributed by atoms with van der Waals surface area (Å²) in [6.45, 7) is 7.00. The van der Waals surface area contributed by atoms with Crippen molar-refractivity contribution in [3.05, 3.63) is 17.5 Å². The van der Waals surface area contributed by atoms with Gasteiger partial charge in [0.15, 0.2) is 5.76 Å². The molecule has 0 radical (unpaired) electrons. The molecule has 0 unspecified atom stereocenters.